The van der Waals surface area contributed by atoms with Crippen molar-refractivity contribution in [2.45, 2.75) is 32.5 Å². The number of ether oxygens (including phenoxy) is 2. The van der Waals surface area contributed by atoms with Gasteiger partial charge in [0.05, 0.1) is 18.2 Å². The molecular weight excluding hydrogens is 475 g/mol. The van der Waals surface area contributed by atoms with Crippen LogP contribution in [0.1, 0.15) is 29.8 Å². The number of halogens is 1. The molecule has 37 heavy (non-hydrogen) atoms. The third-order valence-corrected chi connectivity index (χ3v) is 6.65. The molecule has 0 aromatic heterocycles. The van der Waals surface area contributed by atoms with Crippen LogP contribution in [0, 0.1) is 11.7 Å². The average molecular weight is 515 g/mol. The van der Waals surface area contributed by atoms with Gasteiger partial charge in [-0.1, -0.05) is 25.1 Å². The maximum Gasteiger partial charge on any atom is 0.257 e. The summed E-state index contributed by atoms with van der Waals surface area (Å²) in [6.07, 6.45) is -0.226. The molecule has 2 aromatic rings. The van der Waals surface area contributed by atoms with Gasteiger partial charge in [-0.15, -0.1) is 0 Å². The lowest BCUT2D eigenvalue weighted by Gasteiger charge is -2.36. The standard InChI is InChI=1S/C28H39FN4O4/c1-19-14-33(15-21-9-7-8-10-24(21)29)20(2)18-37-25-12-11-22(30-27(34)17-31(3)4)13-23(25)28(35)32(5)16-26(19)36-6/h7-13,19-20,26H,14-18H2,1-6H3,(H,30,34)/t19-,20-,26-/m1/s1. The van der Waals surface area contributed by atoms with E-state index in [1.54, 1.807) is 54.3 Å². The smallest absolute Gasteiger partial charge is 0.257 e. The van der Waals surface area contributed by atoms with Gasteiger partial charge < -0.3 is 24.6 Å². The summed E-state index contributed by atoms with van der Waals surface area (Å²) >= 11 is 0. The Morgan fingerprint density at radius 3 is 2.59 bits per heavy atom. The van der Waals surface area contributed by atoms with Gasteiger partial charge in [0.2, 0.25) is 5.91 Å². The average Bonchev–Trinajstić information content (AvgIpc) is 2.85. The highest BCUT2D eigenvalue weighted by Crippen LogP contribution is 2.27. The second-order valence-electron chi connectivity index (χ2n) is 10.1. The SMILES string of the molecule is CO[C@@H]1CN(C)C(=O)c2cc(NC(=O)CN(C)C)ccc2OC[C@@H](C)N(Cc2ccccc2F)C[C@H]1C. The maximum absolute atomic E-state index is 14.5. The molecule has 0 bridgehead atoms. The van der Waals surface area contributed by atoms with Crippen molar-refractivity contribution in [2.75, 3.05) is 59.8 Å². The minimum Gasteiger partial charge on any atom is -0.491 e. The van der Waals surface area contributed by atoms with Gasteiger partial charge in [0.1, 0.15) is 18.2 Å². The van der Waals surface area contributed by atoms with Crippen LogP contribution in [0.5, 0.6) is 5.75 Å². The van der Waals surface area contributed by atoms with E-state index in [4.69, 9.17) is 9.47 Å². The second-order valence-corrected chi connectivity index (χ2v) is 10.1. The van der Waals surface area contributed by atoms with Gasteiger partial charge in [-0.3, -0.25) is 14.5 Å². The number of nitrogens with zero attached hydrogens (tertiary/aromatic N) is 3. The van der Waals surface area contributed by atoms with Crippen LogP contribution in [0.2, 0.25) is 0 Å². The summed E-state index contributed by atoms with van der Waals surface area (Å²) in [7, 11) is 7.00. The Morgan fingerprint density at radius 1 is 1.19 bits per heavy atom. The number of carbonyl (C=O) groups excluding carboxylic acids is 2. The number of rotatable bonds is 6. The van der Waals surface area contributed by atoms with Crippen molar-refractivity contribution >= 4 is 17.5 Å². The van der Waals surface area contributed by atoms with Crippen molar-refractivity contribution in [3.63, 3.8) is 0 Å². The first-order valence-electron chi connectivity index (χ1n) is 12.6. The van der Waals surface area contributed by atoms with Crippen molar-refractivity contribution in [3.8, 4) is 5.75 Å². The van der Waals surface area contributed by atoms with E-state index in [0.717, 1.165) is 0 Å². The van der Waals surface area contributed by atoms with Crippen LogP contribution in [0.3, 0.4) is 0 Å². The van der Waals surface area contributed by atoms with E-state index >= 15 is 0 Å². The number of likely N-dealkylation sites (N-methyl/N-ethyl adjacent to an activating group) is 2. The summed E-state index contributed by atoms with van der Waals surface area (Å²) < 4.78 is 26.5. The zero-order valence-electron chi connectivity index (χ0n) is 22.7. The predicted molar refractivity (Wildman–Crippen MR) is 142 cm³/mol. The topological polar surface area (TPSA) is 74.3 Å². The van der Waals surface area contributed by atoms with Gasteiger partial charge in [0, 0.05) is 51.1 Å². The lowest BCUT2D eigenvalue weighted by atomic mass is 10.0. The summed E-state index contributed by atoms with van der Waals surface area (Å²) in [5, 5.41) is 2.85. The first-order valence-corrected chi connectivity index (χ1v) is 12.6. The lowest BCUT2D eigenvalue weighted by Crippen LogP contribution is -2.46. The summed E-state index contributed by atoms with van der Waals surface area (Å²) in [5.41, 5.74) is 1.50. The number of hydrogen-bond acceptors (Lipinski definition) is 6. The van der Waals surface area contributed by atoms with Crippen LogP contribution in [-0.2, 0) is 16.1 Å². The molecule has 3 atom stereocenters. The molecular formula is C28H39FN4O4. The molecule has 0 fully saturated rings. The van der Waals surface area contributed by atoms with Crippen LogP contribution in [-0.4, -0.2) is 93.2 Å². The molecule has 0 radical (unpaired) electrons. The Bertz CT molecular complexity index is 1080. The van der Waals surface area contributed by atoms with E-state index < -0.39 is 0 Å². The molecule has 0 saturated carbocycles. The number of amides is 2. The monoisotopic (exact) mass is 514 g/mol. The molecule has 0 aliphatic carbocycles. The van der Waals surface area contributed by atoms with Gasteiger partial charge in [0.15, 0.2) is 0 Å². The van der Waals surface area contributed by atoms with Gasteiger partial charge in [-0.05, 0) is 51.2 Å². The Labute approximate surface area is 219 Å². The van der Waals surface area contributed by atoms with Crippen molar-refractivity contribution < 1.29 is 23.5 Å². The normalized spacial score (nSPS) is 21.6. The molecule has 2 amide bonds. The number of anilines is 1. The van der Waals surface area contributed by atoms with E-state index in [1.165, 1.54) is 6.07 Å². The molecule has 8 nitrogen and oxygen atoms in total. The highest BCUT2D eigenvalue weighted by Gasteiger charge is 2.29. The largest absolute Gasteiger partial charge is 0.491 e. The van der Waals surface area contributed by atoms with Crippen molar-refractivity contribution in [1.29, 1.82) is 0 Å². The van der Waals surface area contributed by atoms with E-state index in [0.29, 0.717) is 48.8 Å². The van der Waals surface area contributed by atoms with Crippen LogP contribution in [0.4, 0.5) is 10.1 Å². The number of carbonyl (C=O) groups is 2. The fraction of sp³-hybridized carbons (Fsp3) is 0.500. The van der Waals surface area contributed by atoms with Gasteiger partial charge in [0.25, 0.3) is 5.91 Å². The number of nitrogens with one attached hydrogen (secondary N) is 1. The first-order chi connectivity index (χ1) is 17.6. The van der Waals surface area contributed by atoms with Crippen LogP contribution >= 0.6 is 0 Å². The molecule has 202 valence electrons. The molecule has 0 unspecified atom stereocenters. The highest BCUT2D eigenvalue weighted by molar-refractivity contribution is 5.99. The van der Waals surface area contributed by atoms with Crippen LogP contribution in [0.25, 0.3) is 0 Å². The number of fused-ring (bicyclic) bond motifs is 1. The molecule has 3 rings (SSSR count). The molecule has 2 aromatic carbocycles. The fourth-order valence-electron chi connectivity index (χ4n) is 4.48. The Kier molecular flexibility index (Phi) is 10.0. The minimum atomic E-state index is -0.239. The quantitative estimate of drug-likeness (QED) is 0.638. The van der Waals surface area contributed by atoms with E-state index in [9.17, 15) is 14.0 Å². The fourth-order valence-corrected chi connectivity index (χ4v) is 4.48. The molecule has 1 N–H and O–H groups in total. The summed E-state index contributed by atoms with van der Waals surface area (Å²) in [6.45, 7) is 6.07. The van der Waals surface area contributed by atoms with Gasteiger partial charge >= 0.3 is 0 Å². The minimum absolute atomic E-state index is 0.0602. The van der Waals surface area contributed by atoms with Crippen molar-refractivity contribution in [1.82, 2.24) is 14.7 Å². The lowest BCUT2D eigenvalue weighted by molar-refractivity contribution is -0.116. The highest BCUT2D eigenvalue weighted by atomic mass is 19.1. The third-order valence-electron chi connectivity index (χ3n) is 6.65. The molecule has 9 heteroatoms. The molecule has 1 aliphatic heterocycles. The molecule has 0 saturated heterocycles. The maximum atomic E-state index is 14.5. The van der Waals surface area contributed by atoms with E-state index in [2.05, 4.69) is 17.1 Å². The molecule has 0 spiro atoms. The van der Waals surface area contributed by atoms with Gasteiger partial charge in [-0.25, -0.2) is 4.39 Å². The summed E-state index contributed by atoms with van der Waals surface area (Å²) in [5.74, 6) is -0.139. The molecule has 1 heterocycles. The number of methoxy groups -OCH3 is 1. The molecule has 1 aliphatic rings. The summed E-state index contributed by atoms with van der Waals surface area (Å²) in [4.78, 5) is 31.3. The van der Waals surface area contributed by atoms with E-state index in [1.807, 2.05) is 27.1 Å². The predicted octanol–water partition coefficient (Wildman–Crippen LogP) is 3.33. The second kappa shape index (κ2) is 13.0. The Hall–Kier alpha value is -3.01. The van der Waals surface area contributed by atoms with Gasteiger partial charge in [-0.2, -0.15) is 0 Å². The first kappa shape index (κ1) is 28.6. The number of benzene rings is 2. The van der Waals surface area contributed by atoms with E-state index in [-0.39, 0.29) is 42.2 Å². The van der Waals surface area contributed by atoms with Crippen LogP contribution in [0.15, 0.2) is 42.5 Å². The van der Waals surface area contributed by atoms with Crippen LogP contribution < -0.4 is 10.1 Å². The zero-order valence-corrected chi connectivity index (χ0v) is 22.7. The third kappa shape index (κ3) is 7.74. The van der Waals surface area contributed by atoms with Crippen molar-refractivity contribution in [3.05, 3.63) is 59.4 Å². The number of hydrogen-bond donors (Lipinski definition) is 1. The Balaban J connectivity index is 1.92. The summed E-state index contributed by atoms with van der Waals surface area (Å²) in [6, 6.07) is 11.8. The zero-order chi connectivity index (χ0) is 27.1. The van der Waals surface area contributed by atoms with Crippen molar-refractivity contribution in [2.24, 2.45) is 5.92 Å². The Morgan fingerprint density at radius 2 is 1.92 bits per heavy atom.